The molecule has 3 saturated heterocycles. The maximum absolute atomic E-state index is 12.6. The van der Waals surface area contributed by atoms with E-state index in [2.05, 4.69) is 26.8 Å². The number of alkyl halides is 3. The summed E-state index contributed by atoms with van der Waals surface area (Å²) < 4.78 is 42.0. The van der Waals surface area contributed by atoms with Gasteiger partial charge in [0.05, 0.1) is 0 Å². The van der Waals surface area contributed by atoms with Gasteiger partial charge in [-0.25, -0.2) is 0 Å². The molecule has 3 aliphatic rings. The van der Waals surface area contributed by atoms with Gasteiger partial charge in [-0.3, -0.25) is 9.69 Å². The predicted molar refractivity (Wildman–Crippen MR) is 97.1 cm³/mol. The molecular weight excluding hydrogens is 391 g/mol. The van der Waals surface area contributed by atoms with Crippen LogP contribution in [0.4, 0.5) is 13.2 Å². The van der Waals surface area contributed by atoms with Gasteiger partial charge in [-0.1, -0.05) is 16.9 Å². The average molecular weight is 411 g/mol. The maximum Gasteiger partial charge on any atom is 0.452 e. The van der Waals surface area contributed by atoms with E-state index in [0.29, 0.717) is 22.4 Å². The molecule has 2 aromatic rings. The van der Waals surface area contributed by atoms with Crippen molar-refractivity contribution in [1.29, 1.82) is 0 Å². The molecule has 4 heterocycles. The van der Waals surface area contributed by atoms with Gasteiger partial charge in [-0.05, 0) is 63.0 Å². The highest BCUT2D eigenvalue weighted by molar-refractivity contribution is 7.99. The van der Waals surface area contributed by atoms with Crippen molar-refractivity contribution in [2.24, 2.45) is 5.92 Å². The summed E-state index contributed by atoms with van der Waals surface area (Å²) in [5.74, 6) is -0.727. The molecule has 0 unspecified atom stereocenters. The molecule has 150 valence electrons. The number of rotatable bonds is 4. The number of hydrogen-bond donors (Lipinski definition) is 1. The van der Waals surface area contributed by atoms with Crippen LogP contribution in [-0.2, 0) is 6.18 Å². The minimum Gasteiger partial charge on any atom is -0.350 e. The first-order valence-corrected chi connectivity index (χ1v) is 9.99. The zero-order valence-corrected chi connectivity index (χ0v) is 16.0. The number of nitrogens with one attached hydrogen (secondary N) is 1. The Labute approximate surface area is 164 Å². The van der Waals surface area contributed by atoms with Crippen molar-refractivity contribution >= 4 is 17.7 Å². The van der Waals surface area contributed by atoms with Gasteiger partial charge >= 0.3 is 6.18 Å². The largest absolute Gasteiger partial charge is 0.452 e. The highest BCUT2D eigenvalue weighted by Crippen LogP contribution is 2.35. The zero-order valence-electron chi connectivity index (χ0n) is 15.2. The van der Waals surface area contributed by atoms with Gasteiger partial charge in [0.25, 0.3) is 5.91 Å². The third-order valence-electron chi connectivity index (χ3n) is 5.58. The van der Waals surface area contributed by atoms with Crippen LogP contribution in [0.3, 0.4) is 0 Å². The van der Waals surface area contributed by atoms with E-state index in [0.717, 1.165) is 43.8 Å². The van der Waals surface area contributed by atoms with E-state index in [9.17, 15) is 18.0 Å². The summed E-state index contributed by atoms with van der Waals surface area (Å²) in [5.41, 5.74) is 0.532. The smallest absolute Gasteiger partial charge is 0.350 e. The number of benzene rings is 1. The van der Waals surface area contributed by atoms with E-state index in [4.69, 9.17) is 0 Å². The molecule has 9 heteroatoms. The minimum atomic E-state index is -4.56. The van der Waals surface area contributed by atoms with Crippen LogP contribution in [0, 0.1) is 5.92 Å². The van der Waals surface area contributed by atoms with Gasteiger partial charge in [-0.2, -0.15) is 13.2 Å². The van der Waals surface area contributed by atoms with E-state index in [1.54, 1.807) is 24.3 Å². The molecule has 1 aromatic carbocycles. The average Bonchev–Trinajstić information content (AvgIpc) is 3.14. The quantitative estimate of drug-likeness (QED) is 0.822. The van der Waals surface area contributed by atoms with E-state index >= 15 is 0 Å². The van der Waals surface area contributed by atoms with Crippen molar-refractivity contribution in [2.45, 2.75) is 47.9 Å². The van der Waals surface area contributed by atoms with Crippen molar-refractivity contribution in [3.63, 3.8) is 0 Å². The Morgan fingerprint density at radius 2 is 1.93 bits per heavy atom. The molecule has 0 aliphatic carbocycles. The Bertz CT molecular complexity index is 843. The third-order valence-corrected chi connectivity index (χ3v) is 6.49. The standard InChI is InChI=1S/C19H20F3N3O2S/c1-11-17(12-6-8-25(11)9-7-12)23-18(26)13-2-4-14(5-3-13)28-16-10-15(27-24-16)19(20,21)22/h2-5,10-12,17H,6-9H2,1H3,(H,23,26)/t11-,17-/m0/s1. The molecule has 0 radical (unpaired) electrons. The predicted octanol–water partition coefficient (Wildman–Crippen LogP) is 4.06. The fourth-order valence-electron chi connectivity index (χ4n) is 4.02. The maximum atomic E-state index is 12.6. The normalized spacial score (nSPS) is 27.0. The first-order chi connectivity index (χ1) is 13.3. The van der Waals surface area contributed by atoms with Gasteiger partial charge in [0.2, 0.25) is 5.76 Å². The lowest BCUT2D eigenvalue weighted by atomic mass is 9.79. The van der Waals surface area contributed by atoms with E-state index in [1.165, 1.54) is 0 Å². The first kappa shape index (κ1) is 19.3. The molecule has 28 heavy (non-hydrogen) atoms. The molecule has 3 aliphatic heterocycles. The molecule has 1 amide bonds. The second kappa shape index (κ2) is 7.44. The lowest BCUT2D eigenvalue weighted by Crippen LogP contribution is -2.62. The summed E-state index contributed by atoms with van der Waals surface area (Å²) in [7, 11) is 0. The summed E-state index contributed by atoms with van der Waals surface area (Å²) in [6.07, 6.45) is -2.33. The van der Waals surface area contributed by atoms with Crippen molar-refractivity contribution in [2.75, 3.05) is 13.1 Å². The van der Waals surface area contributed by atoms with Crippen LogP contribution in [0.5, 0.6) is 0 Å². The summed E-state index contributed by atoms with van der Waals surface area (Å²) in [5, 5.41) is 6.71. The van der Waals surface area contributed by atoms with Gasteiger partial charge < -0.3 is 9.84 Å². The van der Waals surface area contributed by atoms with E-state index in [-0.39, 0.29) is 17.0 Å². The van der Waals surface area contributed by atoms with Crippen LogP contribution in [-0.4, -0.2) is 41.1 Å². The summed E-state index contributed by atoms with van der Waals surface area (Å²) in [4.78, 5) is 15.7. The van der Waals surface area contributed by atoms with E-state index in [1.807, 2.05) is 0 Å². The Kier molecular flexibility index (Phi) is 5.13. The second-order valence-corrected chi connectivity index (χ2v) is 8.36. The van der Waals surface area contributed by atoms with Crippen LogP contribution in [0.15, 0.2) is 44.8 Å². The molecule has 0 spiro atoms. The second-order valence-electron chi connectivity index (χ2n) is 7.27. The van der Waals surface area contributed by atoms with Crippen LogP contribution in [0.1, 0.15) is 35.9 Å². The number of carbonyl (C=O) groups excluding carboxylic acids is 1. The highest BCUT2D eigenvalue weighted by atomic mass is 32.2. The third kappa shape index (κ3) is 3.91. The molecule has 0 saturated carbocycles. The number of amides is 1. The van der Waals surface area contributed by atoms with Gasteiger partial charge in [0.15, 0.2) is 0 Å². The Hall–Kier alpha value is -2.00. The van der Waals surface area contributed by atoms with Crippen LogP contribution in [0.25, 0.3) is 0 Å². The first-order valence-electron chi connectivity index (χ1n) is 9.18. The number of aromatic nitrogens is 1. The topological polar surface area (TPSA) is 58.4 Å². The summed E-state index contributed by atoms with van der Waals surface area (Å²) in [6, 6.07) is 8.09. The van der Waals surface area contributed by atoms with Crippen LogP contribution in [0.2, 0.25) is 0 Å². The lowest BCUT2D eigenvalue weighted by Gasteiger charge is -2.49. The summed E-state index contributed by atoms with van der Waals surface area (Å²) in [6.45, 7) is 4.35. The van der Waals surface area contributed by atoms with E-state index < -0.39 is 11.9 Å². The van der Waals surface area contributed by atoms with Crippen LogP contribution < -0.4 is 5.32 Å². The van der Waals surface area contributed by atoms with Crippen molar-refractivity contribution in [1.82, 2.24) is 15.4 Å². The molecule has 1 aromatic heterocycles. The number of fused-ring (bicyclic) bond motifs is 3. The lowest BCUT2D eigenvalue weighted by molar-refractivity contribution is -0.155. The van der Waals surface area contributed by atoms with Crippen molar-refractivity contribution in [3.8, 4) is 0 Å². The van der Waals surface area contributed by atoms with Gasteiger partial charge in [0.1, 0.15) is 5.03 Å². The number of piperidine rings is 3. The number of carbonyl (C=O) groups is 1. The van der Waals surface area contributed by atoms with Crippen molar-refractivity contribution < 1.29 is 22.5 Å². The molecule has 5 rings (SSSR count). The molecule has 2 bridgehead atoms. The molecule has 1 N–H and O–H groups in total. The van der Waals surface area contributed by atoms with Gasteiger partial charge in [-0.15, -0.1) is 0 Å². The van der Waals surface area contributed by atoms with Crippen molar-refractivity contribution in [3.05, 3.63) is 41.7 Å². The number of hydrogen-bond acceptors (Lipinski definition) is 5. The number of halogens is 3. The monoisotopic (exact) mass is 411 g/mol. The van der Waals surface area contributed by atoms with Crippen LogP contribution >= 0.6 is 11.8 Å². The SMILES string of the molecule is C[C@H]1[C@H](NC(=O)c2ccc(Sc3cc(C(F)(F)F)on3)cc2)C2CCN1CC2. The molecular formula is C19H20F3N3O2S. The fourth-order valence-corrected chi connectivity index (χ4v) is 4.77. The van der Waals surface area contributed by atoms with Gasteiger partial charge in [0, 0.05) is 28.6 Å². The Balaban J connectivity index is 1.39. The Morgan fingerprint density at radius 3 is 2.50 bits per heavy atom. The molecule has 2 atom stereocenters. The highest BCUT2D eigenvalue weighted by Gasteiger charge is 2.40. The fraction of sp³-hybridized carbons (Fsp3) is 0.474. The molecule has 5 nitrogen and oxygen atoms in total. The summed E-state index contributed by atoms with van der Waals surface area (Å²) >= 11 is 1.05. The number of nitrogens with zero attached hydrogens (tertiary/aromatic N) is 2. The Morgan fingerprint density at radius 1 is 1.25 bits per heavy atom. The molecule has 3 fully saturated rings. The minimum absolute atomic E-state index is 0.116. The zero-order chi connectivity index (χ0) is 19.9.